The SMILES string of the molecule is CC1CCN(c2cc3c(cc2Cl)C(=O)C(=O)N3)C1CO. The van der Waals surface area contributed by atoms with Gasteiger partial charge in [0.1, 0.15) is 0 Å². The summed E-state index contributed by atoms with van der Waals surface area (Å²) in [7, 11) is 0. The van der Waals surface area contributed by atoms with Crippen LogP contribution in [0.5, 0.6) is 0 Å². The molecule has 2 N–H and O–H groups in total. The highest BCUT2D eigenvalue weighted by atomic mass is 35.5. The first-order chi connectivity index (χ1) is 9.52. The van der Waals surface area contributed by atoms with Crippen LogP contribution in [0.1, 0.15) is 23.7 Å². The number of Topliss-reactive ketones (excluding diaryl/α,β-unsaturated/α-hetero) is 1. The number of amides is 1. The molecule has 1 aromatic carbocycles. The largest absolute Gasteiger partial charge is 0.394 e. The first kappa shape index (κ1) is 13.4. The molecule has 2 atom stereocenters. The third-order valence-corrected chi connectivity index (χ3v) is 4.47. The number of carbonyl (C=O) groups excluding carboxylic acids is 2. The third-order valence-electron chi connectivity index (χ3n) is 4.17. The number of aliphatic hydroxyl groups is 1. The van der Waals surface area contributed by atoms with E-state index in [4.69, 9.17) is 11.6 Å². The van der Waals surface area contributed by atoms with Crippen LogP contribution in [-0.4, -0.2) is 36.0 Å². The van der Waals surface area contributed by atoms with Crippen molar-refractivity contribution in [2.24, 2.45) is 5.92 Å². The van der Waals surface area contributed by atoms with E-state index < -0.39 is 11.7 Å². The Balaban J connectivity index is 2.02. The molecule has 5 nitrogen and oxygen atoms in total. The Kier molecular flexibility index (Phi) is 3.18. The van der Waals surface area contributed by atoms with Gasteiger partial charge in [-0.25, -0.2) is 0 Å². The van der Waals surface area contributed by atoms with Gasteiger partial charge in [0.25, 0.3) is 11.7 Å². The molecule has 0 aliphatic carbocycles. The standard InChI is InChI=1S/C14H15ClN2O3/c1-7-2-3-17(12(7)6-18)11-5-10-8(4-9(11)15)13(19)14(20)16-10/h4-5,7,12,18H,2-3,6H2,1H3,(H,16,19,20). The van der Waals surface area contributed by atoms with Crippen molar-refractivity contribution in [3.8, 4) is 0 Å². The van der Waals surface area contributed by atoms with E-state index in [1.807, 2.05) is 4.90 Å². The van der Waals surface area contributed by atoms with Gasteiger partial charge < -0.3 is 15.3 Å². The Labute approximate surface area is 121 Å². The van der Waals surface area contributed by atoms with Gasteiger partial charge in [0.15, 0.2) is 0 Å². The quantitative estimate of drug-likeness (QED) is 0.814. The number of fused-ring (bicyclic) bond motifs is 1. The summed E-state index contributed by atoms with van der Waals surface area (Å²) in [6.45, 7) is 2.94. The van der Waals surface area contributed by atoms with Crippen molar-refractivity contribution in [1.82, 2.24) is 0 Å². The van der Waals surface area contributed by atoms with Crippen molar-refractivity contribution in [3.63, 3.8) is 0 Å². The summed E-state index contributed by atoms with van der Waals surface area (Å²) in [4.78, 5) is 25.1. The lowest BCUT2D eigenvalue weighted by Gasteiger charge is -2.28. The molecule has 20 heavy (non-hydrogen) atoms. The Bertz CT molecular complexity index is 602. The zero-order chi connectivity index (χ0) is 14.4. The molecule has 1 amide bonds. The smallest absolute Gasteiger partial charge is 0.296 e. The van der Waals surface area contributed by atoms with Gasteiger partial charge in [0.2, 0.25) is 0 Å². The second kappa shape index (κ2) is 4.75. The minimum Gasteiger partial charge on any atom is -0.394 e. The Hall–Kier alpha value is -1.59. The summed E-state index contributed by atoms with van der Waals surface area (Å²) in [5.41, 5.74) is 1.57. The molecule has 1 aromatic rings. The lowest BCUT2D eigenvalue weighted by molar-refractivity contribution is -0.112. The molecule has 0 aromatic heterocycles. The minimum atomic E-state index is -0.623. The topological polar surface area (TPSA) is 69.6 Å². The van der Waals surface area contributed by atoms with Crippen molar-refractivity contribution in [1.29, 1.82) is 0 Å². The molecule has 6 heteroatoms. The highest BCUT2D eigenvalue weighted by Crippen LogP contribution is 2.39. The molecule has 2 aliphatic heterocycles. The van der Waals surface area contributed by atoms with E-state index in [9.17, 15) is 14.7 Å². The van der Waals surface area contributed by atoms with Gasteiger partial charge in [0.05, 0.1) is 34.6 Å². The zero-order valence-electron chi connectivity index (χ0n) is 11.0. The number of halogens is 1. The highest BCUT2D eigenvalue weighted by Gasteiger charge is 2.34. The van der Waals surface area contributed by atoms with Crippen LogP contribution < -0.4 is 10.2 Å². The lowest BCUT2D eigenvalue weighted by Crippen LogP contribution is -2.35. The van der Waals surface area contributed by atoms with Crippen molar-refractivity contribution in [2.75, 3.05) is 23.4 Å². The van der Waals surface area contributed by atoms with E-state index in [2.05, 4.69) is 12.2 Å². The maximum atomic E-state index is 11.6. The van der Waals surface area contributed by atoms with E-state index in [0.717, 1.165) is 18.7 Å². The van der Waals surface area contributed by atoms with Gasteiger partial charge in [-0.2, -0.15) is 0 Å². The molecule has 0 saturated carbocycles. The van der Waals surface area contributed by atoms with Crippen LogP contribution in [0.2, 0.25) is 5.02 Å². The highest BCUT2D eigenvalue weighted by molar-refractivity contribution is 6.52. The van der Waals surface area contributed by atoms with Crippen molar-refractivity contribution >= 4 is 34.7 Å². The van der Waals surface area contributed by atoms with Gasteiger partial charge in [-0.3, -0.25) is 9.59 Å². The fraction of sp³-hybridized carbons (Fsp3) is 0.429. The van der Waals surface area contributed by atoms with Crippen LogP contribution in [0.25, 0.3) is 0 Å². The lowest BCUT2D eigenvalue weighted by atomic mass is 10.0. The number of rotatable bonds is 2. The van der Waals surface area contributed by atoms with Crippen LogP contribution in [-0.2, 0) is 4.79 Å². The fourth-order valence-corrected chi connectivity index (χ4v) is 3.23. The number of nitrogens with zero attached hydrogens (tertiary/aromatic N) is 1. The van der Waals surface area contributed by atoms with Crippen molar-refractivity contribution in [2.45, 2.75) is 19.4 Å². The van der Waals surface area contributed by atoms with Crippen LogP contribution >= 0.6 is 11.6 Å². The average Bonchev–Trinajstić information content (AvgIpc) is 2.91. The van der Waals surface area contributed by atoms with Crippen LogP contribution in [0.15, 0.2) is 12.1 Å². The van der Waals surface area contributed by atoms with E-state index >= 15 is 0 Å². The van der Waals surface area contributed by atoms with Crippen LogP contribution in [0.4, 0.5) is 11.4 Å². The normalized spacial score (nSPS) is 25.1. The first-order valence-electron chi connectivity index (χ1n) is 6.59. The van der Waals surface area contributed by atoms with Gasteiger partial charge >= 0.3 is 0 Å². The molecular weight excluding hydrogens is 280 g/mol. The zero-order valence-corrected chi connectivity index (χ0v) is 11.8. The van der Waals surface area contributed by atoms with Gasteiger partial charge in [-0.05, 0) is 24.5 Å². The number of hydrogen-bond donors (Lipinski definition) is 2. The first-order valence-corrected chi connectivity index (χ1v) is 6.97. The third kappa shape index (κ3) is 1.89. The second-order valence-electron chi connectivity index (χ2n) is 5.34. The molecule has 0 spiro atoms. The number of hydrogen-bond acceptors (Lipinski definition) is 4. The summed E-state index contributed by atoms with van der Waals surface area (Å²) in [5.74, 6) is -0.802. The maximum Gasteiger partial charge on any atom is 0.296 e. The Morgan fingerprint density at radius 2 is 2.20 bits per heavy atom. The Morgan fingerprint density at radius 1 is 1.45 bits per heavy atom. The van der Waals surface area contributed by atoms with Gasteiger partial charge in [-0.1, -0.05) is 18.5 Å². The summed E-state index contributed by atoms with van der Waals surface area (Å²) in [6, 6.07) is 3.27. The van der Waals surface area contributed by atoms with Crippen LogP contribution in [0.3, 0.4) is 0 Å². The maximum absolute atomic E-state index is 11.6. The number of ketones is 1. The molecule has 0 bridgehead atoms. The molecule has 106 valence electrons. The summed E-state index contributed by atoms with van der Waals surface area (Å²) in [6.07, 6.45) is 0.976. The number of benzene rings is 1. The summed E-state index contributed by atoms with van der Waals surface area (Å²) in [5, 5.41) is 12.5. The van der Waals surface area contributed by atoms with E-state index in [-0.39, 0.29) is 12.6 Å². The number of anilines is 2. The van der Waals surface area contributed by atoms with Crippen molar-refractivity contribution < 1.29 is 14.7 Å². The predicted octanol–water partition coefficient (Wildman–Crippen LogP) is 1.68. The molecular formula is C14H15ClN2O3. The summed E-state index contributed by atoms with van der Waals surface area (Å²) < 4.78 is 0. The number of nitrogens with one attached hydrogen (secondary N) is 1. The second-order valence-corrected chi connectivity index (χ2v) is 5.75. The molecule has 0 radical (unpaired) electrons. The number of aliphatic hydroxyl groups excluding tert-OH is 1. The molecule has 2 aliphatic rings. The van der Waals surface area contributed by atoms with Crippen molar-refractivity contribution in [3.05, 3.63) is 22.7 Å². The van der Waals surface area contributed by atoms with E-state index in [1.54, 1.807) is 6.07 Å². The van der Waals surface area contributed by atoms with E-state index in [0.29, 0.717) is 22.2 Å². The molecule has 3 rings (SSSR count). The molecule has 2 unspecified atom stereocenters. The predicted molar refractivity (Wildman–Crippen MR) is 76.4 cm³/mol. The Morgan fingerprint density at radius 3 is 2.90 bits per heavy atom. The average molecular weight is 295 g/mol. The molecule has 2 heterocycles. The fourth-order valence-electron chi connectivity index (χ4n) is 2.96. The molecule has 1 saturated heterocycles. The van der Waals surface area contributed by atoms with Crippen LogP contribution in [0, 0.1) is 5.92 Å². The van der Waals surface area contributed by atoms with Gasteiger partial charge in [-0.15, -0.1) is 0 Å². The minimum absolute atomic E-state index is 0.0124. The van der Waals surface area contributed by atoms with Gasteiger partial charge in [0, 0.05) is 6.54 Å². The van der Waals surface area contributed by atoms with E-state index in [1.165, 1.54) is 6.07 Å². The summed E-state index contributed by atoms with van der Waals surface area (Å²) >= 11 is 6.26. The number of carbonyl (C=O) groups is 2. The monoisotopic (exact) mass is 294 g/mol. The molecule has 1 fully saturated rings.